The maximum absolute atomic E-state index is 12.3. The largest absolute Gasteiger partial charge is 0.465 e. The standard InChI is InChI=1S/C15H12O3.C13H10O/c1-18-15(17)13-10-6-5-9-12(13)14(16)11-7-3-2-4-8-11;14-13(11-7-3-1-4-8-11)12-9-5-2-6-10-12/h2-10H,1H3;1-10H. The van der Waals surface area contributed by atoms with Gasteiger partial charge in [0.2, 0.25) is 0 Å². The van der Waals surface area contributed by atoms with E-state index in [4.69, 9.17) is 0 Å². The summed E-state index contributed by atoms with van der Waals surface area (Å²) in [6.45, 7) is 0. The Morgan fingerprint density at radius 1 is 0.469 bits per heavy atom. The highest BCUT2D eigenvalue weighted by Crippen LogP contribution is 2.15. The van der Waals surface area contributed by atoms with Gasteiger partial charge in [-0.25, -0.2) is 4.79 Å². The van der Waals surface area contributed by atoms with Crippen molar-refractivity contribution < 1.29 is 19.1 Å². The molecule has 0 fully saturated rings. The van der Waals surface area contributed by atoms with Crippen LogP contribution in [0.2, 0.25) is 0 Å². The van der Waals surface area contributed by atoms with Gasteiger partial charge >= 0.3 is 5.97 Å². The summed E-state index contributed by atoms with van der Waals surface area (Å²) in [5.74, 6) is -0.613. The number of methoxy groups -OCH3 is 1. The third-order valence-electron chi connectivity index (χ3n) is 4.68. The number of carbonyl (C=O) groups is 3. The molecule has 32 heavy (non-hydrogen) atoms. The number of ether oxygens (including phenoxy) is 1. The second-order valence-corrected chi connectivity index (χ2v) is 6.79. The SMILES string of the molecule is COC(=O)c1ccccc1C(=O)c1ccccc1.O=C(c1ccccc1)c1ccccc1. The van der Waals surface area contributed by atoms with E-state index in [1.807, 2.05) is 66.7 Å². The first-order valence-corrected chi connectivity index (χ1v) is 10.0. The lowest BCUT2D eigenvalue weighted by Crippen LogP contribution is -2.11. The molecule has 0 spiro atoms. The van der Waals surface area contributed by atoms with Crippen LogP contribution in [0.1, 0.15) is 42.2 Å². The van der Waals surface area contributed by atoms with E-state index in [0.717, 1.165) is 11.1 Å². The van der Waals surface area contributed by atoms with Gasteiger partial charge in [-0.3, -0.25) is 9.59 Å². The average molecular weight is 422 g/mol. The van der Waals surface area contributed by atoms with Gasteiger partial charge < -0.3 is 4.74 Å². The van der Waals surface area contributed by atoms with E-state index in [-0.39, 0.29) is 17.1 Å². The number of hydrogen-bond donors (Lipinski definition) is 0. The minimum atomic E-state index is -0.505. The second-order valence-electron chi connectivity index (χ2n) is 6.79. The minimum Gasteiger partial charge on any atom is -0.465 e. The summed E-state index contributed by atoms with van der Waals surface area (Å²) in [7, 11) is 1.30. The van der Waals surface area contributed by atoms with Gasteiger partial charge in [0.25, 0.3) is 0 Å². The number of carbonyl (C=O) groups excluding carboxylic acids is 3. The molecule has 0 atom stereocenters. The molecule has 4 nitrogen and oxygen atoms in total. The molecule has 158 valence electrons. The minimum absolute atomic E-state index is 0.0752. The molecule has 0 saturated carbocycles. The lowest BCUT2D eigenvalue weighted by Gasteiger charge is -2.06. The van der Waals surface area contributed by atoms with Gasteiger partial charge in [0.05, 0.1) is 12.7 Å². The molecule has 4 aromatic carbocycles. The monoisotopic (exact) mass is 422 g/mol. The van der Waals surface area contributed by atoms with E-state index in [0.29, 0.717) is 11.1 Å². The zero-order valence-corrected chi connectivity index (χ0v) is 17.6. The summed E-state index contributed by atoms with van der Waals surface area (Å²) in [4.78, 5) is 35.7. The first-order valence-electron chi connectivity index (χ1n) is 10.0. The molecule has 0 aliphatic rings. The number of rotatable bonds is 5. The Morgan fingerprint density at radius 2 is 0.812 bits per heavy atom. The Morgan fingerprint density at radius 3 is 1.22 bits per heavy atom. The van der Waals surface area contributed by atoms with E-state index < -0.39 is 5.97 Å². The van der Waals surface area contributed by atoms with Crippen molar-refractivity contribution in [1.29, 1.82) is 0 Å². The molecule has 0 aliphatic heterocycles. The number of esters is 1. The Labute approximate surface area is 187 Å². The molecule has 0 bridgehead atoms. The highest BCUT2D eigenvalue weighted by atomic mass is 16.5. The van der Waals surface area contributed by atoms with Crippen molar-refractivity contribution in [3.8, 4) is 0 Å². The molecule has 0 heterocycles. The van der Waals surface area contributed by atoms with Gasteiger partial charge in [-0.05, 0) is 6.07 Å². The number of benzene rings is 4. The zero-order valence-electron chi connectivity index (χ0n) is 17.6. The number of hydrogen-bond acceptors (Lipinski definition) is 4. The van der Waals surface area contributed by atoms with Crippen LogP contribution in [0.15, 0.2) is 115 Å². The summed E-state index contributed by atoms with van der Waals surface area (Å²) < 4.78 is 4.67. The van der Waals surface area contributed by atoms with E-state index >= 15 is 0 Å². The lowest BCUT2D eigenvalue weighted by molar-refractivity contribution is 0.0597. The van der Waals surface area contributed by atoms with Crippen LogP contribution in [0.4, 0.5) is 0 Å². The van der Waals surface area contributed by atoms with E-state index in [1.165, 1.54) is 7.11 Å². The molecule has 0 amide bonds. The summed E-state index contributed by atoms with van der Waals surface area (Å²) in [6, 6.07) is 34.1. The third kappa shape index (κ3) is 5.64. The fraction of sp³-hybridized carbons (Fsp3) is 0.0357. The molecule has 0 N–H and O–H groups in total. The van der Waals surface area contributed by atoms with Crippen molar-refractivity contribution in [3.05, 3.63) is 143 Å². The van der Waals surface area contributed by atoms with E-state index in [1.54, 1.807) is 48.5 Å². The van der Waals surface area contributed by atoms with Crippen molar-refractivity contribution >= 4 is 17.5 Å². The first-order chi connectivity index (χ1) is 15.6. The van der Waals surface area contributed by atoms with Crippen molar-refractivity contribution in [2.45, 2.75) is 0 Å². The van der Waals surface area contributed by atoms with Gasteiger partial charge in [0.15, 0.2) is 11.6 Å². The van der Waals surface area contributed by atoms with Gasteiger partial charge in [0.1, 0.15) is 0 Å². The van der Waals surface area contributed by atoms with E-state index in [9.17, 15) is 14.4 Å². The van der Waals surface area contributed by atoms with Crippen LogP contribution in [0, 0.1) is 0 Å². The Kier molecular flexibility index (Phi) is 7.82. The summed E-state index contributed by atoms with van der Waals surface area (Å²) in [6.07, 6.45) is 0. The average Bonchev–Trinajstić information content (AvgIpc) is 2.89. The van der Waals surface area contributed by atoms with Crippen LogP contribution in [-0.2, 0) is 4.74 Å². The molecular formula is C28H22O4. The van der Waals surface area contributed by atoms with Gasteiger partial charge in [-0.1, -0.05) is 109 Å². The van der Waals surface area contributed by atoms with Crippen LogP contribution in [-0.4, -0.2) is 24.6 Å². The van der Waals surface area contributed by atoms with E-state index in [2.05, 4.69) is 4.74 Å². The Hall–Kier alpha value is -4.31. The molecule has 0 aromatic heterocycles. The summed E-state index contributed by atoms with van der Waals surface area (Å²) in [5.41, 5.74) is 2.66. The predicted octanol–water partition coefficient (Wildman–Crippen LogP) is 5.62. The van der Waals surface area contributed by atoms with Crippen molar-refractivity contribution in [2.24, 2.45) is 0 Å². The van der Waals surface area contributed by atoms with Crippen LogP contribution < -0.4 is 0 Å². The van der Waals surface area contributed by atoms with Crippen LogP contribution >= 0.6 is 0 Å². The number of ketones is 2. The maximum Gasteiger partial charge on any atom is 0.338 e. The van der Waals surface area contributed by atoms with Crippen molar-refractivity contribution in [1.82, 2.24) is 0 Å². The topological polar surface area (TPSA) is 60.4 Å². The molecule has 4 heteroatoms. The zero-order chi connectivity index (χ0) is 22.8. The van der Waals surface area contributed by atoms with Crippen LogP contribution in [0.3, 0.4) is 0 Å². The molecule has 0 aliphatic carbocycles. The first kappa shape index (κ1) is 22.4. The quantitative estimate of drug-likeness (QED) is 0.309. The van der Waals surface area contributed by atoms with Crippen molar-refractivity contribution in [2.75, 3.05) is 7.11 Å². The van der Waals surface area contributed by atoms with Gasteiger partial charge in [-0.2, -0.15) is 0 Å². The molecule has 4 aromatic rings. The lowest BCUT2D eigenvalue weighted by atomic mass is 9.98. The van der Waals surface area contributed by atoms with Crippen molar-refractivity contribution in [3.63, 3.8) is 0 Å². The third-order valence-corrected chi connectivity index (χ3v) is 4.68. The smallest absolute Gasteiger partial charge is 0.338 e. The second kappa shape index (κ2) is 11.2. The molecule has 0 unspecified atom stereocenters. The highest BCUT2D eigenvalue weighted by molar-refractivity contribution is 6.14. The molecule has 0 radical (unpaired) electrons. The van der Waals surface area contributed by atoms with Crippen LogP contribution in [0.25, 0.3) is 0 Å². The fourth-order valence-electron chi connectivity index (χ4n) is 3.06. The highest BCUT2D eigenvalue weighted by Gasteiger charge is 2.17. The normalized spacial score (nSPS) is 9.78. The molecular weight excluding hydrogens is 400 g/mol. The Bertz CT molecular complexity index is 1140. The molecule has 4 rings (SSSR count). The van der Waals surface area contributed by atoms with Crippen LogP contribution in [0.5, 0.6) is 0 Å². The summed E-state index contributed by atoms with van der Waals surface area (Å²) >= 11 is 0. The predicted molar refractivity (Wildman–Crippen MR) is 124 cm³/mol. The Balaban J connectivity index is 0.000000186. The van der Waals surface area contributed by atoms with Gasteiger partial charge in [-0.15, -0.1) is 0 Å². The summed E-state index contributed by atoms with van der Waals surface area (Å²) in [5, 5.41) is 0. The fourth-order valence-corrected chi connectivity index (χ4v) is 3.06. The molecule has 0 saturated heterocycles. The maximum atomic E-state index is 12.3. The van der Waals surface area contributed by atoms with Gasteiger partial charge in [0, 0.05) is 22.3 Å².